The molecule has 0 aliphatic rings. The molecule has 1 amide bonds. The molecule has 3 N–H and O–H groups in total. The van der Waals surface area contributed by atoms with Crippen LogP contribution in [0.2, 0.25) is 0 Å². The van der Waals surface area contributed by atoms with E-state index in [1.165, 1.54) is 6.07 Å². The average Bonchev–Trinajstić information content (AvgIpc) is 2.77. The SMILES string of the molecule is Cc1ccc(C(=O)Nc2cc(C(=O)O)[nH]n2)c(Br)c1. The van der Waals surface area contributed by atoms with Crippen molar-refractivity contribution in [3.05, 3.63) is 45.6 Å². The topological polar surface area (TPSA) is 95.1 Å². The second kappa shape index (κ2) is 5.23. The molecule has 1 aromatic carbocycles. The van der Waals surface area contributed by atoms with Crippen molar-refractivity contribution < 1.29 is 14.7 Å². The van der Waals surface area contributed by atoms with Crippen LogP contribution in [0.3, 0.4) is 0 Å². The molecular formula is C12H10BrN3O3. The van der Waals surface area contributed by atoms with Crippen molar-refractivity contribution in [2.24, 2.45) is 0 Å². The van der Waals surface area contributed by atoms with Crippen LogP contribution >= 0.6 is 15.9 Å². The number of aromatic amines is 1. The first kappa shape index (κ1) is 13.3. The Kier molecular flexibility index (Phi) is 3.66. The molecule has 0 saturated carbocycles. The minimum Gasteiger partial charge on any atom is -0.477 e. The largest absolute Gasteiger partial charge is 0.477 e. The van der Waals surface area contributed by atoms with Crippen molar-refractivity contribution in [3.63, 3.8) is 0 Å². The van der Waals surface area contributed by atoms with E-state index in [0.29, 0.717) is 10.0 Å². The predicted molar refractivity (Wildman–Crippen MR) is 72.4 cm³/mol. The van der Waals surface area contributed by atoms with Crippen LogP contribution in [-0.2, 0) is 0 Å². The zero-order valence-electron chi connectivity index (χ0n) is 9.90. The van der Waals surface area contributed by atoms with E-state index in [4.69, 9.17) is 5.11 Å². The van der Waals surface area contributed by atoms with Gasteiger partial charge in [0.15, 0.2) is 5.82 Å². The number of nitrogens with zero attached hydrogens (tertiary/aromatic N) is 1. The lowest BCUT2D eigenvalue weighted by Crippen LogP contribution is -2.12. The lowest BCUT2D eigenvalue weighted by molar-refractivity contribution is 0.0690. The van der Waals surface area contributed by atoms with E-state index in [9.17, 15) is 9.59 Å². The third-order valence-electron chi connectivity index (χ3n) is 2.42. The lowest BCUT2D eigenvalue weighted by Gasteiger charge is -2.05. The van der Waals surface area contributed by atoms with Gasteiger partial charge in [0.2, 0.25) is 0 Å². The monoisotopic (exact) mass is 323 g/mol. The number of anilines is 1. The summed E-state index contributed by atoms with van der Waals surface area (Å²) in [4.78, 5) is 22.7. The summed E-state index contributed by atoms with van der Waals surface area (Å²) in [5, 5.41) is 17.3. The van der Waals surface area contributed by atoms with Crippen molar-refractivity contribution in [2.45, 2.75) is 6.92 Å². The van der Waals surface area contributed by atoms with Crippen molar-refractivity contribution in [3.8, 4) is 0 Å². The van der Waals surface area contributed by atoms with Gasteiger partial charge in [-0.2, -0.15) is 5.10 Å². The molecule has 0 aliphatic heterocycles. The first-order valence-electron chi connectivity index (χ1n) is 5.33. The van der Waals surface area contributed by atoms with E-state index >= 15 is 0 Å². The number of carbonyl (C=O) groups is 2. The van der Waals surface area contributed by atoms with Gasteiger partial charge in [-0.3, -0.25) is 9.89 Å². The quantitative estimate of drug-likeness (QED) is 0.808. The minimum atomic E-state index is -1.13. The summed E-state index contributed by atoms with van der Waals surface area (Å²) in [6, 6.07) is 6.57. The van der Waals surface area contributed by atoms with Gasteiger partial charge in [0.05, 0.1) is 5.56 Å². The number of aromatic nitrogens is 2. The Balaban J connectivity index is 2.18. The van der Waals surface area contributed by atoms with Crippen LogP contribution in [0.4, 0.5) is 5.82 Å². The van der Waals surface area contributed by atoms with Crippen LogP contribution in [0, 0.1) is 6.92 Å². The van der Waals surface area contributed by atoms with E-state index < -0.39 is 5.97 Å². The zero-order valence-corrected chi connectivity index (χ0v) is 11.5. The van der Waals surface area contributed by atoms with E-state index in [1.54, 1.807) is 6.07 Å². The summed E-state index contributed by atoms with van der Waals surface area (Å²) in [6.45, 7) is 1.92. The number of aromatic carboxylic acids is 1. The number of benzene rings is 1. The van der Waals surface area contributed by atoms with Gasteiger partial charge >= 0.3 is 5.97 Å². The molecule has 2 aromatic rings. The summed E-state index contributed by atoms with van der Waals surface area (Å²) in [6.07, 6.45) is 0. The first-order chi connectivity index (χ1) is 8.97. The van der Waals surface area contributed by atoms with Gasteiger partial charge in [0.1, 0.15) is 5.69 Å². The van der Waals surface area contributed by atoms with Gasteiger partial charge < -0.3 is 10.4 Å². The second-order valence-electron chi connectivity index (χ2n) is 3.91. The maximum absolute atomic E-state index is 12.0. The number of amides is 1. The number of carbonyl (C=O) groups excluding carboxylic acids is 1. The predicted octanol–water partition coefficient (Wildman–Crippen LogP) is 2.43. The van der Waals surface area contributed by atoms with Crippen molar-refractivity contribution in [2.75, 3.05) is 5.32 Å². The smallest absolute Gasteiger partial charge is 0.353 e. The molecule has 7 heteroatoms. The van der Waals surface area contributed by atoms with Crippen LogP contribution in [0.5, 0.6) is 0 Å². The molecule has 0 fully saturated rings. The number of hydrogen-bond acceptors (Lipinski definition) is 3. The fourth-order valence-corrected chi connectivity index (χ4v) is 2.16. The molecule has 98 valence electrons. The van der Waals surface area contributed by atoms with Gasteiger partial charge in [-0.05, 0) is 40.5 Å². The van der Waals surface area contributed by atoms with Crippen LogP contribution in [0.15, 0.2) is 28.7 Å². The summed E-state index contributed by atoms with van der Waals surface area (Å²) < 4.78 is 0.666. The molecule has 0 bridgehead atoms. The van der Waals surface area contributed by atoms with Crippen molar-refractivity contribution in [1.29, 1.82) is 0 Å². The van der Waals surface area contributed by atoms with Crippen LogP contribution < -0.4 is 5.32 Å². The van der Waals surface area contributed by atoms with Crippen molar-refractivity contribution >= 4 is 33.6 Å². The maximum Gasteiger partial charge on any atom is 0.353 e. The van der Waals surface area contributed by atoms with E-state index in [1.807, 2.05) is 19.1 Å². The maximum atomic E-state index is 12.0. The minimum absolute atomic E-state index is 0.0849. The third kappa shape index (κ3) is 3.00. The summed E-state index contributed by atoms with van der Waals surface area (Å²) >= 11 is 3.31. The van der Waals surface area contributed by atoms with Gasteiger partial charge in [0.25, 0.3) is 5.91 Å². The highest BCUT2D eigenvalue weighted by atomic mass is 79.9. The summed E-state index contributed by atoms with van der Waals surface area (Å²) in [5.74, 6) is -1.34. The zero-order chi connectivity index (χ0) is 14.0. The standard InChI is InChI=1S/C12H10BrN3O3/c1-6-2-3-7(8(13)4-6)11(17)14-10-5-9(12(18)19)15-16-10/h2-5H,1H3,(H,18,19)(H2,14,15,16,17). The number of carboxylic acids is 1. The Morgan fingerprint density at radius 2 is 2.11 bits per heavy atom. The lowest BCUT2D eigenvalue weighted by atomic mass is 10.1. The number of aryl methyl sites for hydroxylation is 1. The van der Waals surface area contributed by atoms with Gasteiger partial charge in [-0.25, -0.2) is 4.79 Å². The Morgan fingerprint density at radius 1 is 1.37 bits per heavy atom. The third-order valence-corrected chi connectivity index (χ3v) is 3.08. The molecule has 0 aliphatic carbocycles. The fourth-order valence-electron chi connectivity index (χ4n) is 1.48. The number of carboxylic acid groups (broad SMARTS) is 1. The summed E-state index contributed by atoms with van der Waals surface area (Å²) in [7, 11) is 0. The molecular weight excluding hydrogens is 314 g/mol. The Labute approximate surface area is 117 Å². The number of H-pyrrole nitrogens is 1. The number of rotatable bonds is 3. The number of halogens is 1. The number of hydrogen-bond donors (Lipinski definition) is 3. The van der Waals surface area contributed by atoms with Crippen LogP contribution in [-0.4, -0.2) is 27.2 Å². The van der Waals surface area contributed by atoms with E-state index in [2.05, 4.69) is 31.4 Å². The normalized spacial score (nSPS) is 10.2. The molecule has 1 aromatic heterocycles. The number of nitrogens with one attached hydrogen (secondary N) is 2. The van der Waals surface area contributed by atoms with E-state index in [0.717, 1.165) is 5.56 Å². The van der Waals surface area contributed by atoms with Crippen LogP contribution in [0.25, 0.3) is 0 Å². The van der Waals surface area contributed by atoms with Crippen molar-refractivity contribution in [1.82, 2.24) is 10.2 Å². The first-order valence-corrected chi connectivity index (χ1v) is 6.13. The van der Waals surface area contributed by atoms with Gasteiger partial charge in [0, 0.05) is 10.5 Å². The molecule has 19 heavy (non-hydrogen) atoms. The highest BCUT2D eigenvalue weighted by Crippen LogP contribution is 2.19. The highest BCUT2D eigenvalue weighted by Gasteiger charge is 2.13. The fraction of sp³-hybridized carbons (Fsp3) is 0.0833. The highest BCUT2D eigenvalue weighted by molar-refractivity contribution is 9.10. The molecule has 6 nitrogen and oxygen atoms in total. The van der Waals surface area contributed by atoms with Gasteiger partial charge in [-0.15, -0.1) is 0 Å². The molecule has 0 atom stereocenters. The molecule has 0 radical (unpaired) electrons. The molecule has 1 heterocycles. The molecule has 0 saturated heterocycles. The Bertz CT molecular complexity index is 651. The van der Waals surface area contributed by atoms with Gasteiger partial charge in [-0.1, -0.05) is 6.07 Å². The summed E-state index contributed by atoms with van der Waals surface area (Å²) in [5.41, 5.74) is 1.39. The second-order valence-corrected chi connectivity index (χ2v) is 4.76. The molecule has 2 rings (SSSR count). The Morgan fingerprint density at radius 3 is 2.68 bits per heavy atom. The Hall–Kier alpha value is -2.15. The molecule has 0 unspecified atom stereocenters. The average molecular weight is 324 g/mol. The van der Waals surface area contributed by atoms with E-state index in [-0.39, 0.29) is 17.4 Å². The van der Waals surface area contributed by atoms with Crippen LogP contribution in [0.1, 0.15) is 26.4 Å². The molecule has 0 spiro atoms.